The topological polar surface area (TPSA) is 104 Å². The van der Waals surface area contributed by atoms with E-state index in [-0.39, 0.29) is 23.1 Å². The van der Waals surface area contributed by atoms with E-state index in [1.165, 1.54) is 12.8 Å². The summed E-state index contributed by atoms with van der Waals surface area (Å²) in [7, 11) is 0. The van der Waals surface area contributed by atoms with Crippen LogP contribution in [0.15, 0.2) is 12.1 Å². The Morgan fingerprint density at radius 3 is 2.78 bits per heavy atom. The Balaban J connectivity index is 1.67. The lowest BCUT2D eigenvalue weighted by molar-refractivity contribution is -0.173. The summed E-state index contributed by atoms with van der Waals surface area (Å²) < 4.78 is 0. The van der Waals surface area contributed by atoms with Gasteiger partial charge in [0.2, 0.25) is 0 Å². The average molecular weight is 370 g/mol. The van der Waals surface area contributed by atoms with Crippen LogP contribution in [0.2, 0.25) is 0 Å². The third kappa shape index (κ3) is 2.32. The second-order valence-electron chi connectivity index (χ2n) is 9.02. The highest BCUT2D eigenvalue weighted by molar-refractivity contribution is 5.96. The lowest BCUT2D eigenvalue weighted by Crippen LogP contribution is -2.73. The molecule has 0 aromatic heterocycles. The lowest BCUT2D eigenvalue weighted by atomic mass is 9.49. The third-order valence-electron chi connectivity index (χ3n) is 7.54. The Bertz CT molecular complexity index is 849. The molecule has 0 spiro atoms. The van der Waals surface area contributed by atoms with Gasteiger partial charge >= 0.3 is 0 Å². The first kappa shape index (κ1) is 17.2. The van der Waals surface area contributed by atoms with Gasteiger partial charge in [-0.1, -0.05) is 0 Å². The van der Waals surface area contributed by atoms with Crippen LogP contribution in [-0.4, -0.2) is 51.5 Å². The predicted molar refractivity (Wildman–Crippen MR) is 98.5 cm³/mol. The fourth-order valence-electron chi connectivity index (χ4n) is 5.99. The molecule has 2 bridgehead atoms. The molecule has 1 aromatic rings. The lowest BCUT2D eigenvalue weighted by Gasteiger charge is -2.63. The Kier molecular flexibility index (Phi) is 3.53. The number of phenols is 1. The second kappa shape index (κ2) is 5.55. The van der Waals surface area contributed by atoms with Gasteiger partial charge in [0.1, 0.15) is 11.5 Å². The molecule has 6 heteroatoms. The number of fused-ring (bicyclic) bond motifs is 1. The van der Waals surface area contributed by atoms with E-state index in [2.05, 4.69) is 4.90 Å². The van der Waals surface area contributed by atoms with Crippen molar-refractivity contribution in [1.82, 2.24) is 4.90 Å². The van der Waals surface area contributed by atoms with Gasteiger partial charge in [-0.15, -0.1) is 0 Å². The van der Waals surface area contributed by atoms with Crippen molar-refractivity contribution in [2.45, 2.75) is 62.0 Å². The Hall–Kier alpha value is -1.92. The second-order valence-corrected chi connectivity index (χ2v) is 9.02. The monoisotopic (exact) mass is 370 g/mol. The van der Waals surface area contributed by atoms with Gasteiger partial charge in [0.25, 0.3) is 5.91 Å². The van der Waals surface area contributed by atoms with Crippen molar-refractivity contribution in [3.8, 4) is 5.75 Å². The number of aromatic hydroxyl groups is 1. The predicted octanol–water partition coefficient (Wildman–Crippen LogP) is 1.25. The maximum atomic E-state index is 12.4. The highest BCUT2D eigenvalue weighted by atomic mass is 16.3. The molecule has 4 aliphatic rings. The van der Waals surface area contributed by atoms with Crippen LogP contribution < -0.4 is 5.73 Å². The first-order chi connectivity index (χ1) is 12.8. The van der Waals surface area contributed by atoms with Crippen LogP contribution in [0, 0.1) is 5.92 Å². The quantitative estimate of drug-likeness (QED) is 0.743. The van der Waals surface area contributed by atoms with E-state index >= 15 is 0 Å². The third-order valence-corrected chi connectivity index (χ3v) is 7.54. The standard InChI is InChI=1S/C21H26N2O4/c22-19(26)15-7-13-8-18-21(27)4-3-14(24)10-20(21,16(13)9-17(15)25)5-6-23(18)11-12-1-2-12/h7,9,12,18,25,27H,1-6,8,10-11H2,(H2,22,26)/t18-,20-,21-/m1/s1. The minimum Gasteiger partial charge on any atom is -0.507 e. The number of piperidine rings is 1. The smallest absolute Gasteiger partial charge is 0.252 e. The number of rotatable bonds is 3. The van der Waals surface area contributed by atoms with Gasteiger partial charge in [-0.25, -0.2) is 0 Å². The number of hydrogen-bond acceptors (Lipinski definition) is 5. The molecule has 1 aliphatic heterocycles. The summed E-state index contributed by atoms with van der Waals surface area (Å²) in [4.78, 5) is 26.6. The van der Waals surface area contributed by atoms with Crippen molar-refractivity contribution in [2.24, 2.45) is 11.7 Å². The van der Waals surface area contributed by atoms with E-state index in [1.54, 1.807) is 12.1 Å². The van der Waals surface area contributed by atoms with E-state index in [1.807, 2.05) is 0 Å². The molecular formula is C21H26N2O4. The summed E-state index contributed by atoms with van der Waals surface area (Å²) in [6.45, 7) is 1.85. The highest BCUT2D eigenvalue weighted by Gasteiger charge is 2.64. The Labute approximate surface area is 158 Å². The largest absolute Gasteiger partial charge is 0.507 e. The number of Topliss-reactive ketones (excluding diaryl/α,β-unsaturated/α-hetero) is 1. The zero-order valence-electron chi connectivity index (χ0n) is 15.4. The Morgan fingerprint density at radius 2 is 2.07 bits per heavy atom. The molecule has 3 aliphatic carbocycles. The zero-order valence-corrected chi connectivity index (χ0v) is 15.4. The van der Waals surface area contributed by atoms with E-state index in [4.69, 9.17) is 5.73 Å². The highest BCUT2D eigenvalue weighted by Crippen LogP contribution is 2.58. The fraction of sp³-hybridized carbons (Fsp3) is 0.619. The molecule has 144 valence electrons. The number of carbonyl (C=O) groups excluding carboxylic acids is 2. The summed E-state index contributed by atoms with van der Waals surface area (Å²) in [6, 6.07) is 3.21. The number of ketones is 1. The van der Waals surface area contributed by atoms with Gasteiger partial charge in [-0.2, -0.15) is 0 Å². The molecule has 1 saturated heterocycles. The molecule has 0 unspecified atom stereocenters. The Morgan fingerprint density at radius 1 is 1.30 bits per heavy atom. The van der Waals surface area contributed by atoms with Crippen LogP contribution >= 0.6 is 0 Å². The minimum absolute atomic E-state index is 0.0577. The zero-order chi connectivity index (χ0) is 19.0. The van der Waals surface area contributed by atoms with Gasteiger partial charge in [-0.3, -0.25) is 14.5 Å². The number of primary amides is 1. The van der Waals surface area contributed by atoms with Crippen molar-refractivity contribution < 1.29 is 19.8 Å². The first-order valence-electron chi connectivity index (χ1n) is 9.98. The summed E-state index contributed by atoms with van der Waals surface area (Å²) in [6.07, 6.45) is 5.00. The number of carbonyl (C=O) groups is 2. The maximum Gasteiger partial charge on any atom is 0.252 e. The number of likely N-dealkylation sites (tertiary alicyclic amines) is 1. The van der Waals surface area contributed by atoms with Crippen LogP contribution in [0.5, 0.6) is 5.75 Å². The van der Waals surface area contributed by atoms with Crippen LogP contribution in [-0.2, 0) is 16.6 Å². The normalized spacial score (nSPS) is 35.4. The molecule has 3 atom stereocenters. The molecule has 5 rings (SSSR count). The van der Waals surface area contributed by atoms with Gasteiger partial charge in [0, 0.05) is 30.8 Å². The van der Waals surface area contributed by atoms with Crippen molar-refractivity contribution in [2.75, 3.05) is 13.1 Å². The summed E-state index contributed by atoms with van der Waals surface area (Å²) in [5.74, 6) is 0.0670. The molecule has 3 fully saturated rings. The SMILES string of the molecule is NC(=O)c1cc2c(cc1O)[C@]13CCN(CC4CC4)[C@H](C2)[C@]1(O)CCC(=O)C3. The molecular weight excluding hydrogens is 344 g/mol. The van der Waals surface area contributed by atoms with E-state index in [0.29, 0.717) is 38.0 Å². The van der Waals surface area contributed by atoms with Crippen molar-refractivity contribution in [3.63, 3.8) is 0 Å². The van der Waals surface area contributed by atoms with Gasteiger partial charge in [0.05, 0.1) is 11.2 Å². The number of amides is 1. The molecule has 6 nitrogen and oxygen atoms in total. The van der Waals surface area contributed by atoms with Gasteiger partial charge < -0.3 is 15.9 Å². The summed E-state index contributed by atoms with van der Waals surface area (Å²) in [5.41, 5.74) is 5.68. The van der Waals surface area contributed by atoms with Crippen molar-refractivity contribution in [1.29, 1.82) is 0 Å². The summed E-state index contributed by atoms with van der Waals surface area (Å²) in [5, 5.41) is 22.3. The number of aliphatic hydroxyl groups is 1. The molecule has 27 heavy (non-hydrogen) atoms. The van der Waals surface area contributed by atoms with E-state index in [9.17, 15) is 19.8 Å². The maximum absolute atomic E-state index is 12.4. The summed E-state index contributed by atoms with van der Waals surface area (Å²) >= 11 is 0. The molecule has 1 amide bonds. The average Bonchev–Trinajstić information content (AvgIpc) is 3.42. The van der Waals surface area contributed by atoms with Crippen molar-refractivity contribution >= 4 is 11.7 Å². The first-order valence-corrected chi connectivity index (χ1v) is 9.98. The molecule has 1 aromatic carbocycles. The van der Waals surface area contributed by atoms with Crippen LogP contribution in [0.3, 0.4) is 0 Å². The van der Waals surface area contributed by atoms with Crippen LogP contribution in [0.25, 0.3) is 0 Å². The number of benzene rings is 1. The van der Waals surface area contributed by atoms with E-state index < -0.39 is 16.9 Å². The number of hydrogen-bond donors (Lipinski definition) is 3. The molecule has 4 N–H and O–H groups in total. The van der Waals surface area contributed by atoms with Crippen molar-refractivity contribution in [3.05, 3.63) is 28.8 Å². The fourth-order valence-corrected chi connectivity index (χ4v) is 5.99. The molecule has 2 saturated carbocycles. The van der Waals surface area contributed by atoms with Gasteiger partial charge in [0.15, 0.2) is 0 Å². The van der Waals surface area contributed by atoms with Crippen LogP contribution in [0.4, 0.5) is 0 Å². The van der Waals surface area contributed by atoms with Crippen LogP contribution in [0.1, 0.15) is 60.0 Å². The van der Waals surface area contributed by atoms with E-state index in [0.717, 1.165) is 24.2 Å². The molecule has 1 heterocycles. The molecule has 0 radical (unpaired) electrons. The number of nitrogens with zero attached hydrogens (tertiary/aromatic N) is 1. The minimum atomic E-state index is -0.971. The number of nitrogens with two attached hydrogens (primary N) is 1. The van der Waals surface area contributed by atoms with Gasteiger partial charge in [-0.05, 0) is 67.8 Å².